The molecule has 3 unspecified atom stereocenters. The molecule has 2 aromatic carbocycles. The predicted molar refractivity (Wildman–Crippen MR) is 165 cm³/mol. The Morgan fingerprint density at radius 2 is 1.43 bits per heavy atom. The maximum atomic E-state index is 14.1. The van der Waals surface area contributed by atoms with E-state index < -0.39 is 96.1 Å². The summed E-state index contributed by atoms with van der Waals surface area (Å²) in [5.74, 6) is -7.00. The lowest BCUT2D eigenvalue weighted by atomic mass is 9.96. The van der Waals surface area contributed by atoms with E-state index in [4.69, 9.17) is 14.2 Å². The van der Waals surface area contributed by atoms with E-state index in [1.807, 2.05) is 0 Å². The van der Waals surface area contributed by atoms with Crippen molar-refractivity contribution in [1.29, 1.82) is 0 Å². The average Bonchev–Trinajstić information content (AvgIpc) is 2.97. The highest BCUT2D eigenvalue weighted by Crippen LogP contribution is 2.43. The summed E-state index contributed by atoms with van der Waals surface area (Å²) in [4.78, 5) is 78.1. The molecule has 1 aliphatic rings. The first-order chi connectivity index (χ1) is 22.8. The number of aliphatic hydroxyl groups excluding tert-OH is 1. The van der Waals surface area contributed by atoms with E-state index in [0.29, 0.717) is 5.56 Å². The molecule has 0 fully saturated rings. The molecule has 0 aliphatic carbocycles. The van der Waals surface area contributed by atoms with Crippen molar-refractivity contribution in [3.63, 3.8) is 0 Å². The van der Waals surface area contributed by atoms with Crippen molar-refractivity contribution in [3.8, 4) is 17.2 Å². The van der Waals surface area contributed by atoms with Gasteiger partial charge in [-0.05, 0) is 30.0 Å². The van der Waals surface area contributed by atoms with Crippen LogP contribution < -0.4 is 19.5 Å². The normalized spacial score (nSPS) is 16.0. The van der Waals surface area contributed by atoms with Gasteiger partial charge >= 0.3 is 24.1 Å². The van der Waals surface area contributed by atoms with Gasteiger partial charge in [0.05, 0.1) is 11.7 Å². The van der Waals surface area contributed by atoms with Crippen molar-refractivity contribution in [2.75, 3.05) is 6.54 Å². The van der Waals surface area contributed by atoms with Crippen molar-refractivity contribution >= 4 is 41.3 Å². The molecule has 13 nitrogen and oxygen atoms in total. The molecule has 3 atom stereocenters. The van der Waals surface area contributed by atoms with Gasteiger partial charge in [-0.15, -0.1) is 0 Å². The van der Waals surface area contributed by atoms with Crippen molar-refractivity contribution in [3.05, 3.63) is 59.8 Å². The summed E-state index contributed by atoms with van der Waals surface area (Å²) in [7, 11) is 0. The minimum Gasteiger partial charge on any atom is -0.423 e. The number of hydrogen-bond acceptors (Lipinski definition) is 10. The van der Waals surface area contributed by atoms with Crippen LogP contribution in [0.4, 0.5) is 13.2 Å². The van der Waals surface area contributed by atoms with E-state index in [1.54, 1.807) is 32.0 Å². The number of ether oxygens (including phenoxy) is 3. The largest absolute Gasteiger partial charge is 0.423 e. The second-order valence-corrected chi connectivity index (χ2v) is 11.5. The third-order valence-corrected chi connectivity index (χ3v) is 7.10. The molecule has 0 bridgehead atoms. The van der Waals surface area contributed by atoms with E-state index in [-0.39, 0.29) is 11.3 Å². The summed E-state index contributed by atoms with van der Waals surface area (Å²) in [5.41, 5.74) is 0.0974. The molecule has 1 heterocycles. The smallest absolute Gasteiger partial charge is 0.416 e. The van der Waals surface area contributed by atoms with E-state index in [1.165, 1.54) is 25.3 Å². The van der Waals surface area contributed by atoms with Gasteiger partial charge in [-0.25, -0.2) is 0 Å². The lowest BCUT2D eigenvalue weighted by Gasteiger charge is -2.41. The molecule has 3 amide bonds. The standard InChI is InChI=1S/C33H36F3N3O10/c1-17(2)29-32(46)39(16-28(44)37-24(31(45)33(34,35)36)12-22-10-8-7-9-11-22)25(15-38(29)18(3)40)23-13-26(47-19(4)41)30(49-21(6)43)27(14-23)48-20(5)42/h7-11,13-15,17,24,29,31,45H,12,16H2,1-6H3,(H,37,44). The minimum atomic E-state index is -5.10. The number of aliphatic hydroxyl groups is 1. The molecule has 0 radical (unpaired) electrons. The van der Waals surface area contributed by atoms with Crippen LogP contribution in [-0.4, -0.2) is 81.4 Å². The maximum Gasteiger partial charge on any atom is 0.416 e. The number of carbonyl (C=O) groups is 6. The average molecular weight is 692 g/mol. The van der Waals surface area contributed by atoms with E-state index in [2.05, 4.69) is 5.32 Å². The van der Waals surface area contributed by atoms with Crippen LogP contribution in [0.5, 0.6) is 17.2 Å². The van der Waals surface area contributed by atoms with Crippen molar-refractivity contribution in [2.24, 2.45) is 5.92 Å². The van der Waals surface area contributed by atoms with Crippen LogP contribution in [0, 0.1) is 5.92 Å². The molecule has 1 aliphatic heterocycles. The number of esters is 3. The van der Waals surface area contributed by atoms with E-state index in [9.17, 15) is 47.0 Å². The lowest BCUT2D eigenvalue weighted by molar-refractivity contribution is -0.212. The van der Waals surface area contributed by atoms with Crippen LogP contribution in [0.15, 0.2) is 48.7 Å². The number of nitrogens with one attached hydrogen (secondary N) is 1. The number of halogens is 3. The van der Waals surface area contributed by atoms with Gasteiger partial charge in [0.1, 0.15) is 12.6 Å². The van der Waals surface area contributed by atoms with Gasteiger partial charge in [0.25, 0.3) is 5.91 Å². The van der Waals surface area contributed by atoms with Crippen molar-refractivity contribution in [1.82, 2.24) is 15.1 Å². The summed E-state index contributed by atoms with van der Waals surface area (Å²) in [6.45, 7) is 6.65. The molecule has 264 valence electrons. The van der Waals surface area contributed by atoms with Gasteiger partial charge in [-0.2, -0.15) is 13.2 Å². The highest BCUT2D eigenvalue weighted by Gasteiger charge is 2.45. The highest BCUT2D eigenvalue weighted by molar-refractivity contribution is 6.00. The Balaban J connectivity index is 2.18. The predicted octanol–water partition coefficient (Wildman–Crippen LogP) is 3.13. The van der Waals surface area contributed by atoms with Crippen LogP contribution >= 0.6 is 0 Å². The molecule has 2 aromatic rings. The monoisotopic (exact) mass is 691 g/mol. The molecule has 3 rings (SSSR count). The maximum absolute atomic E-state index is 14.1. The SMILES string of the molecule is CC(=O)Oc1cc(C2=CN(C(C)=O)C(C(C)C)C(=O)N2CC(=O)NC(Cc2ccccc2)C(O)C(F)(F)F)cc(OC(C)=O)c1OC(C)=O. The lowest BCUT2D eigenvalue weighted by Crippen LogP contribution is -2.57. The topological polar surface area (TPSA) is 169 Å². The highest BCUT2D eigenvalue weighted by atomic mass is 19.4. The van der Waals surface area contributed by atoms with Gasteiger partial charge < -0.3 is 29.5 Å². The van der Waals surface area contributed by atoms with Crippen LogP contribution in [-0.2, 0) is 35.2 Å². The van der Waals surface area contributed by atoms with Gasteiger partial charge in [-0.1, -0.05) is 44.2 Å². The molecular weight excluding hydrogens is 655 g/mol. The Bertz CT molecular complexity index is 1600. The first kappa shape index (κ1) is 38.2. The Hall–Kier alpha value is -5.25. The van der Waals surface area contributed by atoms with Crippen LogP contribution in [0.3, 0.4) is 0 Å². The summed E-state index contributed by atoms with van der Waals surface area (Å²) >= 11 is 0. The van der Waals surface area contributed by atoms with Crippen LogP contribution in [0.1, 0.15) is 52.7 Å². The van der Waals surface area contributed by atoms with E-state index >= 15 is 0 Å². The fourth-order valence-electron chi connectivity index (χ4n) is 5.13. The molecule has 49 heavy (non-hydrogen) atoms. The second-order valence-electron chi connectivity index (χ2n) is 11.5. The first-order valence-electron chi connectivity index (χ1n) is 14.9. The quantitative estimate of drug-likeness (QED) is 0.264. The Morgan fingerprint density at radius 1 is 0.898 bits per heavy atom. The van der Waals surface area contributed by atoms with Gasteiger partial charge in [0, 0.05) is 39.5 Å². The third kappa shape index (κ3) is 9.88. The van der Waals surface area contributed by atoms with Gasteiger partial charge in [0.15, 0.2) is 17.6 Å². The van der Waals surface area contributed by atoms with Gasteiger partial charge in [-0.3, -0.25) is 33.7 Å². The fraction of sp³-hybridized carbons (Fsp3) is 0.394. The summed E-state index contributed by atoms with van der Waals surface area (Å²) in [6, 6.07) is 7.05. The third-order valence-electron chi connectivity index (χ3n) is 7.10. The van der Waals surface area contributed by atoms with Crippen LogP contribution in [0.25, 0.3) is 5.70 Å². The Labute approximate surface area is 279 Å². The molecule has 2 N–H and O–H groups in total. The zero-order chi connectivity index (χ0) is 36.8. The molecule has 0 aromatic heterocycles. The number of carbonyl (C=O) groups excluding carboxylic acids is 6. The number of amides is 3. The zero-order valence-corrected chi connectivity index (χ0v) is 27.5. The molecule has 16 heteroatoms. The van der Waals surface area contributed by atoms with Crippen molar-refractivity contribution in [2.45, 2.75) is 72.3 Å². The number of benzene rings is 2. The number of hydrogen-bond donors (Lipinski definition) is 2. The molecule has 0 saturated carbocycles. The molecule has 0 saturated heterocycles. The summed E-state index contributed by atoms with van der Waals surface area (Å²) < 4.78 is 56.6. The summed E-state index contributed by atoms with van der Waals surface area (Å²) in [5, 5.41) is 12.3. The Kier molecular flexibility index (Phi) is 12.3. The second kappa shape index (κ2) is 15.8. The first-order valence-corrected chi connectivity index (χ1v) is 14.9. The zero-order valence-electron chi connectivity index (χ0n) is 27.5. The van der Waals surface area contributed by atoms with Gasteiger partial charge in [0.2, 0.25) is 17.6 Å². The number of rotatable bonds is 11. The number of nitrogens with zero attached hydrogens (tertiary/aromatic N) is 2. The minimum absolute atomic E-state index is 0.0887. The van der Waals surface area contributed by atoms with Crippen molar-refractivity contribution < 1.29 is 61.3 Å². The molecular formula is C33H36F3N3O10. The summed E-state index contributed by atoms with van der Waals surface area (Å²) in [6.07, 6.45) is -7.27. The van der Waals surface area contributed by atoms with E-state index in [0.717, 1.165) is 42.7 Å². The number of alkyl halides is 3. The fourth-order valence-corrected chi connectivity index (χ4v) is 5.13. The Morgan fingerprint density at radius 3 is 1.88 bits per heavy atom. The van der Waals surface area contributed by atoms with Crippen LogP contribution in [0.2, 0.25) is 0 Å². The molecule has 0 spiro atoms.